The molecule has 2 atom stereocenters. The number of halogens is 1. The van der Waals surface area contributed by atoms with Crippen LogP contribution in [0.15, 0.2) is 24.3 Å². The summed E-state index contributed by atoms with van der Waals surface area (Å²) in [6.45, 7) is 3.11. The maximum absolute atomic E-state index is 12.1. The van der Waals surface area contributed by atoms with Crippen LogP contribution in [0.25, 0.3) is 0 Å². The molecule has 0 aliphatic rings. The van der Waals surface area contributed by atoms with Crippen LogP contribution in [0, 0.1) is 10.1 Å². The van der Waals surface area contributed by atoms with E-state index < -0.39 is 24.5 Å². The van der Waals surface area contributed by atoms with Gasteiger partial charge in [-0.05, 0) is 12.0 Å². The molecule has 0 aliphatic carbocycles. The molecule has 0 radical (unpaired) electrons. The quantitative estimate of drug-likeness (QED) is 0.474. The molecular formula is C12H16BrNO5S. The van der Waals surface area contributed by atoms with Gasteiger partial charge in [-0.15, -0.1) is 0 Å². The lowest BCUT2D eigenvalue weighted by atomic mass is 10.0. The minimum Gasteiger partial charge on any atom is -0.386 e. The first-order valence-electron chi connectivity index (χ1n) is 6.03. The zero-order valence-corrected chi connectivity index (χ0v) is 13.5. The molecular weight excluding hydrogens is 350 g/mol. The SMILES string of the molecule is CC[C@@](Br)([C@H](O)c1cccc([N+](=O)[O-])c1)S(=O)(=O)CC. The van der Waals surface area contributed by atoms with Crippen LogP contribution in [-0.4, -0.2) is 27.9 Å². The van der Waals surface area contributed by atoms with Gasteiger partial charge in [0.15, 0.2) is 13.5 Å². The molecule has 0 spiro atoms. The van der Waals surface area contributed by atoms with Crippen molar-refractivity contribution in [2.75, 3.05) is 5.75 Å². The molecule has 8 heteroatoms. The van der Waals surface area contributed by atoms with Gasteiger partial charge in [-0.3, -0.25) is 10.1 Å². The molecule has 0 amide bonds. The summed E-state index contributed by atoms with van der Waals surface area (Å²) in [5.74, 6) is -0.141. The van der Waals surface area contributed by atoms with E-state index in [-0.39, 0.29) is 23.4 Å². The Morgan fingerprint density at radius 1 is 1.45 bits per heavy atom. The Labute approximate surface area is 126 Å². The second-order valence-electron chi connectivity index (χ2n) is 4.30. The first kappa shape index (κ1) is 17.1. The van der Waals surface area contributed by atoms with Gasteiger partial charge in [0.25, 0.3) is 5.69 Å². The maximum atomic E-state index is 12.1. The third-order valence-corrected chi connectivity index (χ3v) is 7.96. The molecule has 0 aliphatic heterocycles. The first-order valence-corrected chi connectivity index (χ1v) is 8.47. The molecule has 0 unspecified atom stereocenters. The fourth-order valence-corrected chi connectivity index (χ4v) is 4.23. The highest BCUT2D eigenvalue weighted by atomic mass is 79.9. The zero-order valence-electron chi connectivity index (χ0n) is 11.1. The van der Waals surface area contributed by atoms with E-state index in [1.165, 1.54) is 31.2 Å². The van der Waals surface area contributed by atoms with Crippen LogP contribution in [0.5, 0.6) is 0 Å². The van der Waals surface area contributed by atoms with Gasteiger partial charge in [-0.1, -0.05) is 41.9 Å². The second-order valence-corrected chi connectivity index (χ2v) is 8.77. The van der Waals surface area contributed by atoms with E-state index in [0.29, 0.717) is 0 Å². The van der Waals surface area contributed by atoms with E-state index in [1.54, 1.807) is 6.92 Å². The number of nitrogens with zero attached hydrogens (tertiary/aromatic N) is 1. The van der Waals surface area contributed by atoms with Gasteiger partial charge in [0.05, 0.1) is 4.92 Å². The highest BCUT2D eigenvalue weighted by Gasteiger charge is 2.46. The Morgan fingerprint density at radius 2 is 2.05 bits per heavy atom. The monoisotopic (exact) mass is 365 g/mol. The molecule has 1 rings (SSSR count). The average Bonchev–Trinajstić information content (AvgIpc) is 2.45. The Morgan fingerprint density at radius 3 is 2.50 bits per heavy atom. The molecule has 112 valence electrons. The minimum absolute atomic E-state index is 0.132. The number of aliphatic hydroxyl groups excluding tert-OH is 1. The molecule has 0 heterocycles. The van der Waals surface area contributed by atoms with Crippen LogP contribution in [-0.2, 0) is 9.84 Å². The van der Waals surface area contributed by atoms with Crippen molar-refractivity contribution in [1.82, 2.24) is 0 Å². The van der Waals surface area contributed by atoms with Crippen molar-refractivity contribution in [2.45, 2.75) is 30.0 Å². The number of sulfone groups is 1. The molecule has 0 aromatic heterocycles. The highest BCUT2D eigenvalue weighted by molar-refractivity contribution is 9.11. The van der Waals surface area contributed by atoms with E-state index in [4.69, 9.17) is 0 Å². The lowest BCUT2D eigenvalue weighted by molar-refractivity contribution is -0.385. The van der Waals surface area contributed by atoms with Crippen LogP contribution in [0.1, 0.15) is 31.9 Å². The van der Waals surface area contributed by atoms with Gasteiger partial charge in [0.2, 0.25) is 0 Å². The molecule has 0 bridgehead atoms. The van der Waals surface area contributed by atoms with Crippen molar-refractivity contribution in [1.29, 1.82) is 0 Å². The van der Waals surface area contributed by atoms with Crippen molar-refractivity contribution in [3.8, 4) is 0 Å². The minimum atomic E-state index is -3.59. The van der Waals surface area contributed by atoms with Crippen LogP contribution < -0.4 is 0 Å². The maximum Gasteiger partial charge on any atom is 0.269 e. The number of hydrogen-bond acceptors (Lipinski definition) is 5. The first-order chi connectivity index (χ1) is 9.19. The van der Waals surface area contributed by atoms with Crippen LogP contribution in [0.3, 0.4) is 0 Å². The van der Waals surface area contributed by atoms with Crippen molar-refractivity contribution in [3.63, 3.8) is 0 Å². The number of hydrogen-bond donors (Lipinski definition) is 1. The molecule has 1 aromatic rings. The van der Waals surface area contributed by atoms with Gasteiger partial charge in [0.1, 0.15) is 6.10 Å². The van der Waals surface area contributed by atoms with Gasteiger partial charge in [-0.25, -0.2) is 8.42 Å². The number of non-ortho nitro benzene ring substituents is 1. The van der Waals surface area contributed by atoms with Crippen LogP contribution in [0.4, 0.5) is 5.69 Å². The van der Waals surface area contributed by atoms with Crippen LogP contribution >= 0.6 is 15.9 Å². The standard InChI is InChI=1S/C12H16BrNO5S/c1-3-12(13,20(18,19)4-2)11(15)9-6-5-7-10(8-9)14(16)17/h5-8,11,15H,3-4H2,1-2H3/t11-,12+/m1/s1. The summed E-state index contributed by atoms with van der Waals surface area (Å²) in [4.78, 5) is 10.2. The van der Waals surface area contributed by atoms with E-state index in [9.17, 15) is 23.6 Å². The molecule has 1 aromatic carbocycles. The van der Waals surface area contributed by atoms with E-state index >= 15 is 0 Å². The highest BCUT2D eigenvalue weighted by Crippen LogP contribution is 2.42. The summed E-state index contributed by atoms with van der Waals surface area (Å²) >= 11 is 3.12. The summed E-state index contributed by atoms with van der Waals surface area (Å²) < 4.78 is 22.7. The molecule has 0 fully saturated rings. The predicted molar refractivity (Wildman–Crippen MR) is 79.5 cm³/mol. The molecule has 0 saturated heterocycles. The number of aliphatic hydroxyl groups is 1. The summed E-state index contributed by atoms with van der Waals surface area (Å²) in [6, 6.07) is 5.35. The topological polar surface area (TPSA) is 97.5 Å². The Balaban J connectivity index is 3.31. The van der Waals surface area contributed by atoms with Crippen molar-refractivity contribution >= 4 is 31.5 Å². The average molecular weight is 366 g/mol. The molecule has 1 N–H and O–H groups in total. The summed E-state index contributed by atoms with van der Waals surface area (Å²) in [6.07, 6.45) is -1.26. The molecule has 20 heavy (non-hydrogen) atoms. The third-order valence-electron chi connectivity index (χ3n) is 3.18. The van der Waals surface area contributed by atoms with E-state index in [1.807, 2.05) is 0 Å². The summed E-state index contributed by atoms with van der Waals surface area (Å²) in [5, 5.41) is 21.1. The predicted octanol–water partition coefficient (Wildman–Crippen LogP) is 2.56. The number of nitro groups is 1. The zero-order chi connectivity index (χ0) is 15.6. The van der Waals surface area contributed by atoms with Crippen molar-refractivity contribution < 1.29 is 18.4 Å². The summed E-state index contributed by atoms with van der Waals surface area (Å²) in [7, 11) is -3.59. The third kappa shape index (κ3) is 3.02. The van der Waals surface area contributed by atoms with Crippen LogP contribution in [0.2, 0.25) is 0 Å². The van der Waals surface area contributed by atoms with Gasteiger partial charge in [-0.2, -0.15) is 0 Å². The number of nitro benzene ring substituents is 1. The largest absolute Gasteiger partial charge is 0.386 e. The smallest absolute Gasteiger partial charge is 0.269 e. The van der Waals surface area contributed by atoms with Gasteiger partial charge >= 0.3 is 0 Å². The van der Waals surface area contributed by atoms with Gasteiger partial charge < -0.3 is 5.11 Å². The van der Waals surface area contributed by atoms with Crippen molar-refractivity contribution in [3.05, 3.63) is 39.9 Å². The molecule has 0 saturated carbocycles. The normalized spacial score (nSPS) is 16.4. The Bertz CT molecular complexity index is 604. The Kier molecular flexibility index (Phi) is 5.28. The summed E-state index contributed by atoms with van der Waals surface area (Å²) in [5.41, 5.74) is -0.00338. The molecule has 6 nitrogen and oxygen atoms in total. The second kappa shape index (κ2) is 6.19. The van der Waals surface area contributed by atoms with E-state index in [0.717, 1.165) is 0 Å². The fourth-order valence-electron chi connectivity index (χ4n) is 1.88. The number of alkyl halides is 1. The number of rotatable bonds is 6. The van der Waals surface area contributed by atoms with Crippen molar-refractivity contribution in [2.24, 2.45) is 0 Å². The number of benzene rings is 1. The Hall–Kier alpha value is -0.990. The fraction of sp³-hybridized carbons (Fsp3) is 0.500. The lowest BCUT2D eigenvalue weighted by Crippen LogP contribution is -2.39. The lowest BCUT2D eigenvalue weighted by Gasteiger charge is -2.31. The van der Waals surface area contributed by atoms with E-state index in [2.05, 4.69) is 15.9 Å². The van der Waals surface area contributed by atoms with Gasteiger partial charge in [0, 0.05) is 17.9 Å².